The van der Waals surface area contributed by atoms with E-state index in [2.05, 4.69) is 34.3 Å². The largest absolute Gasteiger partial charge is 0.311 e. The van der Waals surface area contributed by atoms with Crippen LogP contribution in [-0.4, -0.2) is 41.3 Å². The molecule has 0 aliphatic rings. The van der Waals surface area contributed by atoms with Gasteiger partial charge in [0.05, 0.1) is 16.9 Å². The maximum atomic E-state index is 6.27. The van der Waals surface area contributed by atoms with Crippen molar-refractivity contribution in [3.8, 4) is 11.3 Å². The first-order chi connectivity index (χ1) is 10.7. The Labute approximate surface area is 141 Å². The molecule has 2 rings (SSSR count). The molecule has 0 bridgehead atoms. The van der Waals surface area contributed by atoms with Crippen LogP contribution >= 0.6 is 23.2 Å². The van der Waals surface area contributed by atoms with Gasteiger partial charge in [0.25, 0.3) is 0 Å². The van der Waals surface area contributed by atoms with Crippen molar-refractivity contribution < 1.29 is 0 Å². The number of nitrogens with one attached hydrogen (secondary N) is 2. The Morgan fingerprint density at radius 1 is 1.23 bits per heavy atom. The average molecular weight is 341 g/mol. The van der Waals surface area contributed by atoms with Crippen LogP contribution in [0.3, 0.4) is 0 Å². The number of hydrogen-bond donors (Lipinski definition) is 2. The first kappa shape index (κ1) is 17.3. The third-order valence-corrected chi connectivity index (χ3v) is 4.28. The van der Waals surface area contributed by atoms with Gasteiger partial charge in [0.1, 0.15) is 0 Å². The highest BCUT2D eigenvalue weighted by Gasteiger charge is 2.11. The van der Waals surface area contributed by atoms with Gasteiger partial charge in [-0.05, 0) is 31.3 Å². The third-order valence-electron chi connectivity index (χ3n) is 3.73. The van der Waals surface area contributed by atoms with Gasteiger partial charge >= 0.3 is 0 Å². The monoisotopic (exact) mass is 340 g/mol. The first-order valence-electron chi connectivity index (χ1n) is 7.56. The van der Waals surface area contributed by atoms with Crippen molar-refractivity contribution in [3.05, 3.63) is 40.0 Å². The summed E-state index contributed by atoms with van der Waals surface area (Å²) in [5, 5.41) is 11.9. The third kappa shape index (κ3) is 4.46. The van der Waals surface area contributed by atoms with Crippen molar-refractivity contribution in [2.24, 2.45) is 0 Å². The van der Waals surface area contributed by atoms with Gasteiger partial charge in [-0.3, -0.25) is 5.10 Å². The fraction of sp³-hybridized carbons (Fsp3) is 0.438. The zero-order valence-electron chi connectivity index (χ0n) is 13.0. The van der Waals surface area contributed by atoms with Crippen molar-refractivity contribution in [2.75, 3.05) is 26.2 Å². The van der Waals surface area contributed by atoms with Gasteiger partial charge in [0.2, 0.25) is 0 Å². The van der Waals surface area contributed by atoms with Crippen LogP contribution < -0.4 is 5.32 Å². The molecular weight excluding hydrogens is 319 g/mol. The lowest BCUT2D eigenvalue weighted by Gasteiger charge is -2.18. The average Bonchev–Trinajstić information content (AvgIpc) is 2.96. The zero-order chi connectivity index (χ0) is 15.9. The Bertz CT molecular complexity index is 594. The van der Waals surface area contributed by atoms with Crippen molar-refractivity contribution in [1.29, 1.82) is 0 Å². The number of nitrogens with zero attached hydrogens (tertiary/aromatic N) is 2. The number of H-pyrrole nitrogens is 1. The number of aromatic nitrogens is 2. The number of benzene rings is 1. The van der Waals surface area contributed by atoms with E-state index < -0.39 is 0 Å². The van der Waals surface area contributed by atoms with E-state index in [0.717, 1.165) is 49.5 Å². The summed E-state index contributed by atoms with van der Waals surface area (Å²) in [5.41, 5.74) is 2.96. The molecule has 0 unspecified atom stereocenters. The summed E-state index contributed by atoms with van der Waals surface area (Å²) in [4.78, 5) is 2.39. The molecule has 2 aromatic rings. The van der Waals surface area contributed by atoms with Crippen molar-refractivity contribution in [2.45, 2.75) is 20.4 Å². The van der Waals surface area contributed by atoms with Crippen LogP contribution in [0.5, 0.6) is 0 Å². The van der Waals surface area contributed by atoms with Gasteiger partial charge in [-0.15, -0.1) is 0 Å². The highest BCUT2D eigenvalue weighted by atomic mass is 35.5. The van der Waals surface area contributed by atoms with Gasteiger partial charge in [-0.2, -0.15) is 5.10 Å². The maximum absolute atomic E-state index is 6.27. The molecule has 1 aromatic carbocycles. The molecule has 0 atom stereocenters. The topological polar surface area (TPSA) is 44.0 Å². The number of hydrogen-bond acceptors (Lipinski definition) is 3. The molecule has 1 heterocycles. The molecule has 0 saturated carbocycles. The van der Waals surface area contributed by atoms with E-state index in [9.17, 15) is 0 Å². The molecule has 0 amide bonds. The van der Waals surface area contributed by atoms with E-state index >= 15 is 0 Å². The summed E-state index contributed by atoms with van der Waals surface area (Å²) in [6, 6.07) is 5.50. The second-order valence-corrected chi connectivity index (χ2v) is 5.94. The fourth-order valence-corrected chi connectivity index (χ4v) is 2.87. The Balaban J connectivity index is 1.98. The van der Waals surface area contributed by atoms with Crippen LogP contribution in [0.1, 0.15) is 19.4 Å². The highest BCUT2D eigenvalue weighted by Crippen LogP contribution is 2.30. The zero-order valence-corrected chi connectivity index (χ0v) is 14.5. The van der Waals surface area contributed by atoms with Crippen LogP contribution in [0.4, 0.5) is 0 Å². The van der Waals surface area contributed by atoms with Gasteiger partial charge in [0.15, 0.2) is 0 Å². The van der Waals surface area contributed by atoms with Crippen molar-refractivity contribution in [3.63, 3.8) is 0 Å². The van der Waals surface area contributed by atoms with E-state index in [1.54, 1.807) is 6.07 Å². The lowest BCUT2D eigenvalue weighted by atomic mass is 10.1. The highest BCUT2D eigenvalue weighted by molar-refractivity contribution is 6.36. The summed E-state index contributed by atoms with van der Waals surface area (Å²) >= 11 is 12.2. The van der Waals surface area contributed by atoms with E-state index in [0.29, 0.717) is 10.0 Å². The number of aromatic amines is 1. The quantitative estimate of drug-likeness (QED) is 0.718. The summed E-state index contributed by atoms with van der Waals surface area (Å²) < 4.78 is 0. The molecule has 1 aromatic heterocycles. The SMILES string of the molecule is CCN(CC)CCNCc1cn[nH]c1-c1ccc(Cl)cc1Cl. The Morgan fingerprint density at radius 2 is 2.00 bits per heavy atom. The molecule has 0 spiro atoms. The van der Waals surface area contributed by atoms with Gasteiger partial charge in [-0.25, -0.2) is 0 Å². The minimum absolute atomic E-state index is 0.626. The van der Waals surface area contributed by atoms with E-state index in [1.807, 2.05) is 18.3 Å². The van der Waals surface area contributed by atoms with E-state index in [1.165, 1.54) is 0 Å². The Hall–Kier alpha value is -1.07. The van der Waals surface area contributed by atoms with E-state index in [4.69, 9.17) is 23.2 Å². The lowest BCUT2D eigenvalue weighted by molar-refractivity contribution is 0.302. The first-order valence-corrected chi connectivity index (χ1v) is 8.32. The lowest BCUT2D eigenvalue weighted by Crippen LogP contribution is -2.31. The number of halogens is 2. The van der Waals surface area contributed by atoms with Gasteiger partial charge in [-0.1, -0.05) is 37.0 Å². The molecule has 0 aliphatic heterocycles. The molecule has 0 aliphatic carbocycles. The van der Waals surface area contributed by atoms with Crippen LogP contribution in [0, 0.1) is 0 Å². The normalized spacial score (nSPS) is 11.3. The number of likely N-dealkylation sites (N-methyl/N-ethyl adjacent to an activating group) is 1. The van der Waals surface area contributed by atoms with Crippen LogP contribution in [0.25, 0.3) is 11.3 Å². The molecule has 120 valence electrons. The van der Waals surface area contributed by atoms with Crippen LogP contribution in [-0.2, 0) is 6.54 Å². The maximum Gasteiger partial charge on any atom is 0.0710 e. The summed E-state index contributed by atoms with van der Waals surface area (Å²) in [7, 11) is 0. The predicted octanol–water partition coefficient (Wildman–Crippen LogP) is 3.81. The number of rotatable bonds is 8. The molecule has 4 nitrogen and oxygen atoms in total. The smallest absolute Gasteiger partial charge is 0.0710 e. The molecule has 2 N–H and O–H groups in total. The standard InChI is InChI=1S/C16H22Cl2N4/c1-3-22(4-2)8-7-19-10-12-11-20-21-16(12)14-6-5-13(17)9-15(14)18/h5-6,9,11,19H,3-4,7-8,10H2,1-2H3,(H,20,21). The van der Waals surface area contributed by atoms with Crippen LogP contribution in [0.15, 0.2) is 24.4 Å². The molecule has 22 heavy (non-hydrogen) atoms. The van der Waals surface area contributed by atoms with E-state index in [-0.39, 0.29) is 0 Å². The summed E-state index contributed by atoms with van der Waals surface area (Å²) in [5.74, 6) is 0. The molecule has 0 fully saturated rings. The minimum atomic E-state index is 0.626. The predicted molar refractivity (Wildman–Crippen MR) is 93.5 cm³/mol. The Morgan fingerprint density at radius 3 is 2.68 bits per heavy atom. The Kier molecular flexibility index (Phi) is 6.70. The van der Waals surface area contributed by atoms with Crippen LogP contribution in [0.2, 0.25) is 10.0 Å². The molecule has 0 saturated heterocycles. The minimum Gasteiger partial charge on any atom is -0.311 e. The second-order valence-electron chi connectivity index (χ2n) is 5.10. The van der Waals surface area contributed by atoms with Gasteiger partial charge in [0, 0.05) is 35.8 Å². The summed E-state index contributed by atoms with van der Waals surface area (Å²) in [6.45, 7) is 9.26. The molecular formula is C16H22Cl2N4. The second kappa shape index (κ2) is 8.53. The van der Waals surface area contributed by atoms with Crippen molar-refractivity contribution in [1.82, 2.24) is 20.4 Å². The molecule has 6 heteroatoms. The van der Waals surface area contributed by atoms with Gasteiger partial charge < -0.3 is 10.2 Å². The van der Waals surface area contributed by atoms with Crippen molar-refractivity contribution >= 4 is 23.2 Å². The molecule has 0 radical (unpaired) electrons. The summed E-state index contributed by atoms with van der Waals surface area (Å²) in [6.07, 6.45) is 1.84. The fourth-order valence-electron chi connectivity index (χ4n) is 2.37.